The third-order valence-corrected chi connectivity index (χ3v) is 11.2. The first kappa shape index (κ1) is 28.8. The molecule has 216 valence electrons. The van der Waals surface area contributed by atoms with Crippen LogP contribution in [0, 0.1) is 40.4 Å². The van der Waals surface area contributed by atoms with Gasteiger partial charge in [-0.3, -0.25) is 24.0 Å². The lowest BCUT2D eigenvalue weighted by molar-refractivity contribution is -0.241. The third-order valence-electron chi connectivity index (χ3n) is 11.2. The molecule has 1 aromatic carbocycles. The number of carbonyl (C=O) groups excluding carboxylic acids is 5. The van der Waals surface area contributed by atoms with Crippen molar-refractivity contribution in [2.24, 2.45) is 40.4 Å². The summed E-state index contributed by atoms with van der Waals surface area (Å²) in [5.74, 6) is -10.3. The van der Waals surface area contributed by atoms with Crippen LogP contribution in [0.25, 0.3) is 0 Å². The summed E-state index contributed by atoms with van der Waals surface area (Å²) in [7, 11) is 0. The van der Waals surface area contributed by atoms with Crippen LogP contribution in [0.5, 0.6) is 5.75 Å². The van der Waals surface area contributed by atoms with Crippen LogP contribution < -0.4 is 0 Å². The highest BCUT2D eigenvalue weighted by atomic mass is 16.3. The Kier molecular flexibility index (Phi) is 6.78. The molecule has 0 amide bonds. The number of ketones is 5. The highest BCUT2D eigenvalue weighted by Gasteiger charge is 2.80. The fraction of sp³-hybridized carbons (Fsp3) is 0.656. The Balaban J connectivity index is 1.77. The van der Waals surface area contributed by atoms with Gasteiger partial charge < -0.3 is 15.3 Å². The van der Waals surface area contributed by atoms with Crippen LogP contribution in [0.15, 0.2) is 18.2 Å². The molecule has 3 N–H and O–H groups in total. The van der Waals surface area contributed by atoms with E-state index >= 15 is 0 Å². The monoisotopic (exact) mass is 552 g/mol. The number of benzene rings is 1. The van der Waals surface area contributed by atoms with Crippen molar-refractivity contribution in [2.45, 2.75) is 90.8 Å². The van der Waals surface area contributed by atoms with Gasteiger partial charge in [0.1, 0.15) is 17.5 Å². The number of phenols is 1. The molecule has 40 heavy (non-hydrogen) atoms. The Morgan fingerprint density at radius 2 is 1.65 bits per heavy atom. The van der Waals surface area contributed by atoms with Crippen molar-refractivity contribution in [3.8, 4) is 5.75 Å². The van der Waals surface area contributed by atoms with E-state index < -0.39 is 81.0 Å². The summed E-state index contributed by atoms with van der Waals surface area (Å²) in [4.78, 5) is 68.8. The molecule has 0 heterocycles. The Hall–Kier alpha value is -2.71. The average molecular weight is 553 g/mol. The number of fused-ring (bicyclic) bond motifs is 3. The molecule has 0 aliphatic heterocycles. The first-order valence-electron chi connectivity index (χ1n) is 14.6. The predicted molar refractivity (Wildman–Crippen MR) is 145 cm³/mol. The predicted octanol–water partition coefficient (Wildman–Crippen LogP) is 3.58. The second-order valence-corrected chi connectivity index (χ2v) is 13.5. The highest BCUT2D eigenvalue weighted by Crippen LogP contribution is 2.67. The van der Waals surface area contributed by atoms with E-state index in [9.17, 15) is 39.3 Å². The summed E-state index contributed by atoms with van der Waals surface area (Å²) in [6, 6.07) is 4.72. The van der Waals surface area contributed by atoms with E-state index in [1.165, 1.54) is 13.0 Å². The van der Waals surface area contributed by atoms with Crippen LogP contribution in [0.4, 0.5) is 0 Å². The molecule has 1 aromatic rings. The summed E-state index contributed by atoms with van der Waals surface area (Å²) in [5.41, 5.74) is -5.91. The lowest BCUT2D eigenvalue weighted by atomic mass is 9.37. The number of hydrogen-bond acceptors (Lipinski definition) is 8. The number of aliphatic hydroxyl groups excluding tert-OH is 1. The molecule has 0 spiro atoms. The van der Waals surface area contributed by atoms with Crippen molar-refractivity contribution < 1.29 is 39.3 Å². The van der Waals surface area contributed by atoms with Gasteiger partial charge in [0.2, 0.25) is 0 Å². The fourth-order valence-corrected chi connectivity index (χ4v) is 9.32. The minimum Gasteiger partial charge on any atom is -0.507 e. The summed E-state index contributed by atoms with van der Waals surface area (Å²) >= 11 is 0. The normalized spacial score (nSPS) is 39.8. The number of aromatic hydroxyl groups is 1. The zero-order valence-corrected chi connectivity index (χ0v) is 23.9. The van der Waals surface area contributed by atoms with E-state index in [4.69, 9.17) is 0 Å². The molecule has 5 rings (SSSR count). The largest absolute Gasteiger partial charge is 0.507 e. The first-order chi connectivity index (χ1) is 18.7. The van der Waals surface area contributed by atoms with Crippen LogP contribution in [-0.4, -0.2) is 55.9 Å². The summed E-state index contributed by atoms with van der Waals surface area (Å²) < 4.78 is 0. The lowest BCUT2D eigenvalue weighted by Crippen LogP contribution is -2.82. The second-order valence-electron chi connectivity index (χ2n) is 13.5. The van der Waals surface area contributed by atoms with E-state index in [0.29, 0.717) is 17.9 Å². The van der Waals surface area contributed by atoms with E-state index in [1.54, 1.807) is 32.9 Å². The maximum Gasteiger partial charge on any atom is 0.191 e. The number of aliphatic hydroxyl groups is 2. The van der Waals surface area contributed by atoms with Crippen molar-refractivity contribution >= 4 is 28.9 Å². The Labute approximate surface area is 234 Å². The Morgan fingerprint density at radius 1 is 1.02 bits per heavy atom. The number of Topliss-reactive ketones (excluding diaryl/α,β-unsaturated/α-hetero) is 5. The molecular formula is C32H40O8. The van der Waals surface area contributed by atoms with Crippen LogP contribution in [0.2, 0.25) is 0 Å². The summed E-state index contributed by atoms with van der Waals surface area (Å²) in [6.45, 7) is 7.51. The van der Waals surface area contributed by atoms with Crippen LogP contribution in [-0.2, 0) is 19.2 Å². The van der Waals surface area contributed by atoms with Crippen molar-refractivity contribution in [3.05, 3.63) is 29.3 Å². The maximum atomic E-state index is 14.6. The van der Waals surface area contributed by atoms with Gasteiger partial charge >= 0.3 is 0 Å². The van der Waals surface area contributed by atoms with Crippen molar-refractivity contribution in [1.82, 2.24) is 0 Å². The zero-order valence-electron chi connectivity index (χ0n) is 23.9. The number of phenolic OH excluding ortho intramolecular Hbond substituents is 1. The van der Waals surface area contributed by atoms with Gasteiger partial charge in [0.25, 0.3) is 0 Å². The SMILES string of the molecule is CC(=O)C1C(=O)C(C(C)C)[C@@]2(C)[C@H](O)[C@]3(C)C(C(=O)c4c(O)cccc4C3CCC3CCCC3)C(=O)[C@@]2(O)C1=O. The van der Waals surface area contributed by atoms with Gasteiger partial charge in [-0.15, -0.1) is 0 Å². The van der Waals surface area contributed by atoms with Gasteiger partial charge in [-0.25, -0.2) is 0 Å². The summed E-state index contributed by atoms with van der Waals surface area (Å²) in [5, 5.41) is 35.5. The minimum absolute atomic E-state index is 0.0305. The quantitative estimate of drug-likeness (QED) is 0.470. The maximum absolute atomic E-state index is 14.6. The first-order valence-corrected chi connectivity index (χ1v) is 14.6. The van der Waals surface area contributed by atoms with E-state index in [1.807, 2.05) is 0 Å². The van der Waals surface area contributed by atoms with Gasteiger partial charge in [-0.2, -0.15) is 0 Å². The highest BCUT2D eigenvalue weighted by molar-refractivity contribution is 6.32. The molecule has 3 fully saturated rings. The van der Waals surface area contributed by atoms with Crippen molar-refractivity contribution in [3.63, 3.8) is 0 Å². The Morgan fingerprint density at radius 3 is 2.23 bits per heavy atom. The number of carbonyl (C=O) groups is 5. The van der Waals surface area contributed by atoms with E-state index in [-0.39, 0.29) is 11.3 Å². The fourth-order valence-electron chi connectivity index (χ4n) is 9.32. The van der Waals surface area contributed by atoms with Gasteiger partial charge in [0.05, 0.1) is 17.6 Å². The molecular weight excluding hydrogens is 512 g/mol. The van der Waals surface area contributed by atoms with Crippen LogP contribution in [0.3, 0.4) is 0 Å². The van der Waals surface area contributed by atoms with Crippen LogP contribution >= 0.6 is 0 Å². The van der Waals surface area contributed by atoms with Crippen molar-refractivity contribution in [1.29, 1.82) is 0 Å². The molecule has 4 unspecified atom stereocenters. The standard InChI is InChI=1S/C32H40O8/c1-15(2)23-25(35)21(16(3)33)27(37)32(40)28(38)24-26(36)22-18(11-8-12-20(22)34)19(14-13-17-9-6-7-10-17)30(24,4)29(39)31(23,32)5/h8,11-12,15,17,19,21,23-24,29,34,39-40H,6-7,9-10,13-14H2,1-5H3/t19?,21?,23?,24?,29-,30+,31+,32+/m1/s1. The molecule has 8 heteroatoms. The molecule has 0 radical (unpaired) electrons. The topological polar surface area (TPSA) is 146 Å². The molecule has 8 nitrogen and oxygen atoms in total. The molecule has 0 bridgehead atoms. The lowest BCUT2D eigenvalue weighted by Gasteiger charge is -2.65. The zero-order chi connectivity index (χ0) is 29.5. The molecule has 3 saturated carbocycles. The van der Waals surface area contributed by atoms with Crippen molar-refractivity contribution in [2.75, 3.05) is 0 Å². The van der Waals surface area contributed by atoms with Gasteiger partial charge in [0.15, 0.2) is 28.7 Å². The molecule has 0 saturated heterocycles. The van der Waals surface area contributed by atoms with Gasteiger partial charge in [0, 0.05) is 16.7 Å². The smallest absolute Gasteiger partial charge is 0.191 e. The second kappa shape index (κ2) is 9.41. The average Bonchev–Trinajstić information content (AvgIpc) is 3.39. The Bertz CT molecular complexity index is 1310. The van der Waals surface area contributed by atoms with Gasteiger partial charge in [-0.1, -0.05) is 65.5 Å². The van der Waals surface area contributed by atoms with Gasteiger partial charge in [-0.05, 0) is 49.1 Å². The van der Waals surface area contributed by atoms with E-state index in [0.717, 1.165) is 39.0 Å². The van der Waals surface area contributed by atoms with E-state index in [2.05, 4.69) is 0 Å². The third kappa shape index (κ3) is 3.41. The molecule has 0 aromatic heterocycles. The number of hydrogen-bond donors (Lipinski definition) is 3. The molecule has 4 aliphatic rings. The van der Waals surface area contributed by atoms with Crippen LogP contribution in [0.1, 0.15) is 95.0 Å². The minimum atomic E-state index is -2.94. The summed E-state index contributed by atoms with van der Waals surface area (Å²) in [6.07, 6.45) is 4.09. The number of rotatable bonds is 5. The molecule has 8 atom stereocenters. The molecule has 4 aliphatic carbocycles.